The van der Waals surface area contributed by atoms with Crippen LogP contribution in [0.1, 0.15) is 29.3 Å². The van der Waals surface area contributed by atoms with E-state index in [4.69, 9.17) is 9.47 Å². The highest BCUT2D eigenvalue weighted by molar-refractivity contribution is 6.01. The van der Waals surface area contributed by atoms with Crippen molar-refractivity contribution in [1.29, 1.82) is 0 Å². The van der Waals surface area contributed by atoms with E-state index in [9.17, 15) is 14.4 Å². The van der Waals surface area contributed by atoms with Gasteiger partial charge in [0.2, 0.25) is 11.8 Å². The van der Waals surface area contributed by atoms with Crippen LogP contribution in [-0.4, -0.2) is 43.4 Å². The Hall–Kier alpha value is -3.35. The van der Waals surface area contributed by atoms with E-state index in [1.54, 1.807) is 36.3 Å². The van der Waals surface area contributed by atoms with Gasteiger partial charge in [0.05, 0.1) is 25.5 Å². The number of esters is 1. The largest absolute Gasteiger partial charge is 0.497 e. The summed E-state index contributed by atoms with van der Waals surface area (Å²) in [5.74, 6) is -0.210. The first kappa shape index (κ1) is 21.0. The Bertz CT molecular complexity index is 833. The summed E-state index contributed by atoms with van der Waals surface area (Å²) in [6, 6.07) is 14.0. The molecule has 2 aromatic rings. The fourth-order valence-electron chi connectivity index (χ4n) is 2.63. The van der Waals surface area contributed by atoms with Gasteiger partial charge in [-0.1, -0.05) is 24.3 Å². The van der Waals surface area contributed by atoms with Gasteiger partial charge >= 0.3 is 5.97 Å². The van der Waals surface area contributed by atoms with Crippen molar-refractivity contribution in [2.45, 2.75) is 19.9 Å². The molecule has 2 aromatic carbocycles. The van der Waals surface area contributed by atoms with Gasteiger partial charge in [-0.2, -0.15) is 0 Å². The number of methoxy groups -OCH3 is 2. The summed E-state index contributed by atoms with van der Waals surface area (Å²) < 4.78 is 9.84. The minimum absolute atomic E-state index is 0.102. The molecule has 0 saturated carbocycles. The molecule has 0 atom stereocenters. The Balaban J connectivity index is 1.97. The topological polar surface area (TPSA) is 84.9 Å². The molecule has 0 bridgehead atoms. The normalized spacial score (nSPS) is 10.1. The first-order chi connectivity index (χ1) is 13.4. The van der Waals surface area contributed by atoms with Crippen LogP contribution in [0.25, 0.3) is 0 Å². The van der Waals surface area contributed by atoms with E-state index in [0.29, 0.717) is 12.2 Å². The molecule has 0 radical (unpaired) electrons. The van der Waals surface area contributed by atoms with E-state index in [1.807, 2.05) is 24.3 Å². The Kier molecular flexibility index (Phi) is 7.56. The monoisotopic (exact) mass is 384 g/mol. The van der Waals surface area contributed by atoms with Gasteiger partial charge in [0.25, 0.3) is 0 Å². The van der Waals surface area contributed by atoms with Gasteiger partial charge in [-0.3, -0.25) is 9.59 Å². The number of rotatable bonds is 8. The summed E-state index contributed by atoms with van der Waals surface area (Å²) in [5, 5.41) is 2.70. The molecule has 2 amide bonds. The Morgan fingerprint density at radius 2 is 1.68 bits per heavy atom. The average Bonchev–Trinajstić information content (AvgIpc) is 2.71. The number of anilines is 1. The molecule has 0 heterocycles. The molecule has 0 aliphatic rings. The van der Waals surface area contributed by atoms with Crippen LogP contribution in [-0.2, 0) is 20.9 Å². The average molecular weight is 384 g/mol. The molecule has 148 valence electrons. The fourth-order valence-corrected chi connectivity index (χ4v) is 2.63. The third-order valence-electron chi connectivity index (χ3n) is 4.19. The lowest BCUT2D eigenvalue weighted by Gasteiger charge is -2.21. The highest BCUT2D eigenvalue weighted by Crippen LogP contribution is 2.17. The predicted octanol–water partition coefficient (Wildman–Crippen LogP) is 2.86. The van der Waals surface area contributed by atoms with Gasteiger partial charge in [-0.15, -0.1) is 0 Å². The van der Waals surface area contributed by atoms with Crippen molar-refractivity contribution in [3.8, 4) is 5.75 Å². The van der Waals surface area contributed by atoms with E-state index >= 15 is 0 Å². The van der Waals surface area contributed by atoms with Crippen molar-refractivity contribution in [3.05, 3.63) is 59.7 Å². The second kappa shape index (κ2) is 10.1. The first-order valence-corrected chi connectivity index (χ1v) is 8.80. The maximum Gasteiger partial charge on any atom is 0.339 e. The van der Waals surface area contributed by atoms with Crippen LogP contribution >= 0.6 is 0 Å². The van der Waals surface area contributed by atoms with E-state index in [0.717, 1.165) is 11.3 Å². The van der Waals surface area contributed by atoms with Gasteiger partial charge < -0.3 is 19.7 Å². The highest BCUT2D eigenvalue weighted by Gasteiger charge is 2.15. The Morgan fingerprint density at radius 3 is 2.29 bits per heavy atom. The number of hydrogen-bond donors (Lipinski definition) is 1. The zero-order valence-corrected chi connectivity index (χ0v) is 16.2. The smallest absolute Gasteiger partial charge is 0.339 e. The zero-order valence-electron chi connectivity index (χ0n) is 16.2. The summed E-state index contributed by atoms with van der Waals surface area (Å²) in [6.45, 7) is 2.12. The van der Waals surface area contributed by atoms with E-state index in [-0.39, 0.29) is 30.3 Å². The van der Waals surface area contributed by atoms with E-state index < -0.39 is 5.97 Å². The van der Waals surface area contributed by atoms with E-state index in [1.165, 1.54) is 14.0 Å². The molecule has 28 heavy (non-hydrogen) atoms. The van der Waals surface area contributed by atoms with Crippen molar-refractivity contribution in [2.24, 2.45) is 0 Å². The minimum Gasteiger partial charge on any atom is -0.497 e. The van der Waals surface area contributed by atoms with Crippen molar-refractivity contribution < 1.29 is 23.9 Å². The molecule has 7 nitrogen and oxygen atoms in total. The summed E-state index contributed by atoms with van der Waals surface area (Å²) >= 11 is 0. The predicted molar refractivity (Wildman–Crippen MR) is 105 cm³/mol. The number of amides is 2. The maximum atomic E-state index is 12.3. The number of ether oxygens (including phenoxy) is 2. The molecular weight excluding hydrogens is 360 g/mol. The molecule has 0 saturated heterocycles. The van der Waals surface area contributed by atoms with Gasteiger partial charge in [-0.05, 0) is 29.8 Å². The van der Waals surface area contributed by atoms with Gasteiger partial charge in [0.15, 0.2) is 0 Å². The van der Waals surface area contributed by atoms with E-state index in [2.05, 4.69) is 5.32 Å². The minimum atomic E-state index is -0.527. The number of carbonyl (C=O) groups excluding carboxylic acids is 3. The van der Waals surface area contributed by atoms with Crippen LogP contribution in [0.5, 0.6) is 5.75 Å². The lowest BCUT2D eigenvalue weighted by Crippen LogP contribution is -2.31. The molecule has 0 aliphatic heterocycles. The summed E-state index contributed by atoms with van der Waals surface area (Å²) in [6.07, 6.45) is 0.102. The number of nitrogens with one attached hydrogen (secondary N) is 1. The quantitative estimate of drug-likeness (QED) is 0.708. The number of carbonyl (C=O) groups is 3. The van der Waals surface area contributed by atoms with Crippen LogP contribution in [0.4, 0.5) is 5.69 Å². The summed E-state index contributed by atoms with van der Waals surface area (Å²) in [4.78, 5) is 37.6. The lowest BCUT2D eigenvalue weighted by atomic mass is 10.1. The Morgan fingerprint density at radius 1 is 1.00 bits per heavy atom. The molecule has 7 heteroatoms. The second-order valence-corrected chi connectivity index (χ2v) is 6.12. The molecule has 2 rings (SSSR count). The number of para-hydroxylation sites is 1. The second-order valence-electron chi connectivity index (χ2n) is 6.12. The maximum absolute atomic E-state index is 12.3. The van der Waals surface area contributed by atoms with Crippen molar-refractivity contribution in [1.82, 2.24) is 4.90 Å². The zero-order chi connectivity index (χ0) is 20.5. The fraction of sp³-hybridized carbons (Fsp3) is 0.286. The first-order valence-electron chi connectivity index (χ1n) is 8.80. The molecule has 0 aliphatic carbocycles. The van der Waals surface area contributed by atoms with Crippen LogP contribution in [0, 0.1) is 0 Å². The highest BCUT2D eigenvalue weighted by atomic mass is 16.5. The van der Waals surface area contributed by atoms with Crippen molar-refractivity contribution in [2.75, 3.05) is 26.1 Å². The molecule has 1 N–H and O–H groups in total. The van der Waals surface area contributed by atoms with Gasteiger partial charge in [-0.25, -0.2) is 4.79 Å². The Labute approximate surface area is 164 Å². The van der Waals surface area contributed by atoms with Crippen LogP contribution in [0.2, 0.25) is 0 Å². The van der Waals surface area contributed by atoms with Crippen LogP contribution in [0.3, 0.4) is 0 Å². The van der Waals surface area contributed by atoms with Crippen molar-refractivity contribution >= 4 is 23.5 Å². The molecular formula is C21H24N2O5. The molecule has 0 unspecified atom stereocenters. The summed E-state index contributed by atoms with van der Waals surface area (Å²) in [5.41, 5.74) is 1.59. The van der Waals surface area contributed by atoms with Gasteiger partial charge in [0.1, 0.15) is 5.75 Å². The third-order valence-corrected chi connectivity index (χ3v) is 4.19. The van der Waals surface area contributed by atoms with Crippen LogP contribution in [0.15, 0.2) is 48.5 Å². The van der Waals surface area contributed by atoms with Crippen LogP contribution < -0.4 is 10.1 Å². The van der Waals surface area contributed by atoms with Gasteiger partial charge in [0, 0.05) is 26.4 Å². The SMILES string of the molecule is COC(=O)c1ccccc1NC(=O)CCN(Cc1ccc(OC)cc1)C(C)=O. The lowest BCUT2D eigenvalue weighted by molar-refractivity contribution is -0.129. The standard InChI is InChI=1S/C21H24N2O5/c1-15(24)23(14-16-8-10-17(27-2)11-9-16)13-12-20(25)22-19-7-5-4-6-18(19)21(26)28-3/h4-11H,12-14H2,1-3H3,(H,22,25). The number of nitrogens with zero attached hydrogens (tertiary/aromatic N) is 1. The molecule has 0 aromatic heterocycles. The number of benzene rings is 2. The third kappa shape index (κ3) is 5.84. The molecule has 0 fully saturated rings. The molecule has 0 spiro atoms. The summed E-state index contributed by atoms with van der Waals surface area (Å²) in [7, 11) is 2.87. The van der Waals surface area contributed by atoms with Crippen molar-refractivity contribution in [3.63, 3.8) is 0 Å². The number of hydrogen-bond acceptors (Lipinski definition) is 5.